The lowest BCUT2D eigenvalue weighted by molar-refractivity contribution is -0.384. The van der Waals surface area contributed by atoms with Crippen LogP contribution in [0.2, 0.25) is 5.02 Å². The van der Waals surface area contributed by atoms with Crippen molar-refractivity contribution < 1.29 is 9.72 Å². The predicted octanol–water partition coefficient (Wildman–Crippen LogP) is 4.68. The van der Waals surface area contributed by atoms with E-state index >= 15 is 0 Å². The van der Waals surface area contributed by atoms with Gasteiger partial charge in [0.25, 0.3) is 11.6 Å². The van der Waals surface area contributed by atoms with Crippen LogP contribution in [0.15, 0.2) is 23.2 Å². The summed E-state index contributed by atoms with van der Waals surface area (Å²) in [4.78, 5) is 27.2. The SMILES string of the molecule is CC12CCC(CC1=NC(=O)c1ccc(Cl)c([N+](=O)[O-])c1)C2(C)C. The van der Waals surface area contributed by atoms with Crippen LogP contribution in [0.1, 0.15) is 50.4 Å². The maximum Gasteiger partial charge on any atom is 0.288 e. The standard InChI is InChI=1S/C17H19ClN2O3/c1-16(2)11-6-7-17(16,3)14(9-11)19-15(21)10-4-5-12(18)13(8-10)20(22)23/h4-5,8,11H,6-7,9H2,1-3H3. The fourth-order valence-corrected chi connectivity index (χ4v) is 4.26. The molecule has 23 heavy (non-hydrogen) atoms. The minimum absolute atomic E-state index is 0.0206. The van der Waals surface area contributed by atoms with Gasteiger partial charge in [-0.25, -0.2) is 4.99 Å². The Balaban J connectivity index is 1.94. The number of halogens is 1. The molecule has 2 atom stereocenters. The van der Waals surface area contributed by atoms with E-state index in [1.165, 1.54) is 24.6 Å². The maximum absolute atomic E-state index is 12.5. The zero-order valence-corrected chi connectivity index (χ0v) is 14.2. The molecule has 1 aromatic rings. The number of aliphatic imine (C=N–C) groups is 1. The van der Waals surface area contributed by atoms with Gasteiger partial charge in [-0.2, -0.15) is 0 Å². The number of benzene rings is 1. The van der Waals surface area contributed by atoms with Crippen molar-refractivity contribution in [3.8, 4) is 0 Å². The number of nitrogens with zero attached hydrogens (tertiary/aromatic N) is 2. The normalized spacial score (nSPS) is 29.9. The van der Waals surface area contributed by atoms with E-state index in [4.69, 9.17) is 11.6 Å². The molecule has 3 rings (SSSR count). The first-order chi connectivity index (χ1) is 10.7. The van der Waals surface area contributed by atoms with Gasteiger partial charge >= 0.3 is 0 Å². The van der Waals surface area contributed by atoms with Crippen LogP contribution in [0.3, 0.4) is 0 Å². The molecular formula is C17H19ClN2O3. The third kappa shape index (κ3) is 2.29. The summed E-state index contributed by atoms with van der Waals surface area (Å²) in [6.07, 6.45) is 3.05. The first kappa shape index (κ1) is 16.1. The van der Waals surface area contributed by atoms with E-state index in [-0.39, 0.29) is 27.1 Å². The van der Waals surface area contributed by atoms with Gasteiger partial charge < -0.3 is 0 Å². The smallest absolute Gasteiger partial charge is 0.267 e. The first-order valence-corrected chi connectivity index (χ1v) is 8.11. The van der Waals surface area contributed by atoms with Crippen LogP contribution >= 0.6 is 11.6 Å². The van der Waals surface area contributed by atoms with E-state index < -0.39 is 10.8 Å². The van der Waals surface area contributed by atoms with Crippen LogP contribution in [0.4, 0.5) is 5.69 Å². The van der Waals surface area contributed by atoms with Crippen molar-refractivity contribution >= 4 is 28.9 Å². The van der Waals surface area contributed by atoms with Gasteiger partial charge in [0, 0.05) is 22.8 Å². The van der Waals surface area contributed by atoms with Crippen molar-refractivity contribution in [1.82, 2.24) is 0 Å². The summed E-state index contributed by atoms with van der Waals surface area (Å²) in [5.41, 5.74) is 0.945. The van der Waals surface area contributed by atoms with Crippen molar-refractivity contribution in [3.63, 3.8) is 0 Å². The average Bonchev–Trinajstić information content (AvgIpc) is 2.80. The quantitative estimate of drug-likeness (QED) is 0.582. The van der Waals surface area contributed by atoms with Gasteiger partial charge in [-0.3, -0.25) is 14.9 Å². The van der Waals surface area contributed by atoms with Crippen LogP contribution < -0.4 is 0 Å². The molecule has 1 aromatic carbocycles. The molecule has 0 radical (unpaired) electrons. The minimum atomic E-state index is -0.589. The summed E-state index contributed by atoms with van der Waals surface area (Å²) in [6, 6.07) is 4.07. The van der Waals surface area contributed by atoms with Gasteiger partial charge in [-0.1, -0.05) is 32.4 Å². The molecule has 2 aliphatic carbocycles. The lowest BCUT2D eigenvalue weighted by atomic mass is 9.70. The Morgan fingerprint density at radius 1 is 1.39 bits per heavy atom. The number of hydrogen-bond donors (Lipinski definition) is 0. The van der Waals surface area contributed by atoms with E-state index in [9.17, 15) is 14.9 Å². The number of rotatable bonds is 2. The van der Waals surface area contributed by atoms with E-state index in [0.29, 0.717) is 5.92 Å². The van der Waals surface area contributed by atoms with Crippen molar-refractivity contribution in [3.05, 3.63) is 38.9 Å². The van der Waals surface area contributed by atoms with Gasteiger partial charge in [-0.15, -0.1) is 0 Å². The number of fused-ring (bicyclic) bond motifs is 2. The first-order valence-electron chi connectivity index (χ1n) is 7.73. The van der Waals surface area contributed by atoms with Crippen molar-refractivity contribution in [2.45, 2.75) is 40.0 Å². The summed E-state index contributed by atoms with van der Waals surface area (Å²) >= 11 is 5.79. The molecule has 6 heteroatoms. The molecule has 2 saturated carbocycles. The van der Waals surface area contributed by atoms with Gasteiger partial charge in [0.1, 0.15) is 5.02 Å². The number of carbonyl (C=O) groups is 1. The lowest BCUT2D eigenvalue weighted by Crippen LogP contribution is -2.33. The van der Waals surface area contributed by atoms with Gasteiger partial charge in [0.15, 0.2) is 0 Å². The lowest BCUT2D eigenvalue weighted by Gasteiger charge is -2.34. The highest BCUT2D eigenvalue weighted by Gasteiger charge is 2.59. The zero-order chi connectivity index (χ0) is 17.0. The third-order valence-corrected chi connectivity index (χ3v) is 6.46. The number of nitro groups is 1. The molecule has 0 spiro atoms. The van der Waals surface area contributed by atoms with Crippen molar-refractivity contribution in [2.75, 3.05) is 0 Å². The second kappa shape index (κ2) is 5.13. The predicted molar refractivity (Wildman–Crippen MR) is 89.1 cm³/mol. The minimum Gasteiger partial charge on any atom is -0.267 e. The van der Waals surface area contributed by atoms with Crippen LogP contribution in [0.25, 0.3) is 0 Å². The molecule has 0 saturated heterocycles. The Kier molecular flexibility index (Phi) is 3.59. The Morgan fingerprint density at radius 3 is 2.61 bits per heavy atom. The molecule has 122 valence electrons. The molecule has 2 aliphatic rings. The summed E-state index contributed by atoms with van der Waals surface area (Å²) in [5.74, 6) is 0.128. The summed E-state index contributed by atoms with van der Waals surface area (Å²) in [6.45, 7) is 6.66. The molecule has 1 amide bonds. The van der Waals surface area contributed by atoms with E-state index in [1.807, 2.05) is 0 Å². The molecule has 0 aromatic heterocycles. The Bertz CT molecular complexity index is 741. The Morgan fingerprint density at radius 2 is 2.09 bits per heavy atom. The largest absolute Gasteiger partial charge is 0.288 e. The average molecular weight is 335 g/mol. The second-order valence-electron chi connectivity index (χ2n) is 7.28. The third-order valence-electron chi connectivity index (χ3n) is 6.14. The molecule has 2 fully saturated rings. The van der Waals surface area contributed by atoms with Crippen LogP contribution in [0, 0.1) is 26.9 Å². The molecule has 0 N–H and O–H groups in total. The van der Waals surface area contributed by atoms with E-state index in [1.54, 1.807) is 0 Å². The number of amides is 1. The van der Waals surface area contributed by atoms with Gasteiger partial charge in [0.05, 0.1) is 4.92 Å². The fourth-order valence-electron chi connectivity index (χ4n) is 4.07. The topological polar surface area (TPSA) is 72.6 Å². The molecule has 5 nitrogen and oxygen atoms in total. The number of hydrogen-bond acceptors (Lipinski definition) is 3. The highest BCUT2D eigenvalue weighted by atomic mass is 35.5. The van der Waals surface area contributed by atoms with Crippen LogP contribution in [0.5, 0.6) is 0 Å². The fraction of sp³-hybridized carbons (Fsp3) is 0.529. The van der Waals surface area contributed by atoms with E-state index in [0.717, 1.165) is 18.6 Å². The monoisotopic (exact) mass is 334 g/mol. The molecule has 2 bridgehead atoms. The van der Waals surface area contributed by atoms with E-state index in [2.05, 4.69) is 25.8 Å². The van der Waals surface area contributed by atoms with Gasteiger partial charge in [-0.05, 0) is 42.7 Å². The second-order valence-corrected chi connectivity index (χ2v) is 7.69. The molecule has 0 heterocycles. The number of nitro benzene ring substituents is 1. The molecule has 2 unspecified atom stereocenters. The molecule has 0 aliphatic heterocycles. The highest BCUT2D eigenvalue weighted by molar-refractivity contribution is 6.32. The van der Waals surface area contributed by atoms with Gasteiger partial charge in [0.2, 0.25) is 0 Å². The highest BCUT2D eigenvalue weighted by Crippen LogP contribution is 2.64. The number of carbonyl (C=O) groups excluding carboxylic acids is 1. The summed E-state index contributed by atoms with van der Waals surface area (Å²) in [5, 5.41) is 11.0. The maximum atomic E-state index is 12.5. The van der Waals surface area contributed by atoms with Crippen molar-refractivity contribution in [2.24, 2.45) is 21.7 Å². The Labute approximate surface area is 139 Å². The summed E-state index contributed by atoms with van der Waals surface area (Å²) in [7, 11) is 0. The molecular weight excluding hydrogens is 316 g/mol. The Hall–Kier alpha value is -1.75. The van der Waals surface area contributed by atoms with Crippen molar-refractivity contribution in [1.29, 1.82) is 0 Å². The zero-order valence-electron chi connectivity index (χ0n) is 13.4. The van der Waals surface area contributed by atoms with Crippen LogP contribution in [-0.2, 0) is 0 Å². The van der Waals surface area contributed by atoms with Crippen LogP contribution in [-0.4, -0.2) is 16.5 Å². The summed E-state index contributed by atoms with van der Waals surface area (Å²) < 4.78 is 0.